The topological polar surface area (TPSA) is 16.4 Å². The van der Waals surface area contributed by atoms with E-state index in [9.17, 15) is 0 Å². The van der Waals surface area contributed by atoms with Gasteiger partial charge in [0.1, 0.15) is 5.58 Å². The standard InChI is InChI=1S/C56H35NO/c1-2-13-38-32-39(25-24-36(38)12-1)37-26-28-43(29-27-37)57(55-47-18-6-4-15-42(47)35-53-51-21-9-10-23-54(51)58-56(53)55)44-30-31-46-40(33-44)16-11-22-49(46)52-34-41-14-3-5-17-45(41)48-19-7-8-20-50(48)52/h1-35H. The van der Waals surface area contributed by atoms with E-state index >= 15 is 0 Å². The lowest BCUT2D eigenvalue weighted by Gasteiger charge is -2.28. The average Bonchev–Trinajstić information content (AvgIpc) is 3.66. The second kappa shape index (κ2) is 12.9. The zero-order chi connectivity index (χ0) is 38.2. The molecule has 0 aliphatic carbocycles. The van der Waals surface area contributed by atoms with Gasteiger partial charge < -0.3 is 9.32 Å². The molecule has 12 aromatic rings. The average molecular weight is 738 g/mol. The second-order valence-corrected chi connectivity index (χ2v) is 15.3. The van der Waals surface area contributed by atoms with Crippen LogP contribution in [0.3, 0.4) is 0 Å². The van der Waals surface area contributed by atoms with Gasteiger partial charge in [0.25, 0.3) is 0 Å². The molecule has 0 amide bonds. The van der Waals surface area contributed by atoms with E-state index in [4.69, 9.17) is 4.42 Å². The van der Waals surface area contributed by atoms with E-state index in [-0.39, 0.29) is 0 Å². The van der Waals surface area contributed by atoms with Crippen molar-refractivity contribution in [2.24, 2.45) is 0 Å². The summed E-state index contributed by atoms with van der Waals surface area (Å²) >= 11 is 0. The largest absolute Gasteiger partial charge is 0.454 e. The highest BCUT2D eigenvalue weighted by Crippen LogP contribution is 2.48. The van der Waals surface area contributed by atoms with Gasteiger partial charge >= 0.3 is 0 Å². The molecule has 0 saturated heterocycles. The van der Waals surface area contributed by atoms with Crippen LogP contribution in [0.15, 0.2) is 217 Å². The maximum atomic E-state index is 6.85. The molecule has 1 aromatic heterocycles. The Morgan fingerprint density at radius 2 is 0.897 bits per heavy atom. The minimum Gasteiger partial charge on any atom is -0.454 e. The van der Waals surface area contributed by atoms with E-state index in [0.717, 1.165) is 44.4 Å². The summed E-state index contributed by atoms with van der Waals surface area (Å²) in [6.07, 6.45) is 0. The lowest BCUT2D eigenvalue weighted by Crippen LogP contribution is -2.11. The molecule has 0 aliphatic heterocycles. The van der Waals surface area contributed by atoms with Crippen LogP contribution in [0.4, 0.5) is 17.1 Å². The van der Waals surface area contributed by atoms with Crippen LogP contribution >= 0.6 is 0 Å². The SMILES string of the molecule is c1ccc2cc(-c3ccc(N(c4ccc5c(-c6cc7ccccc7c7ccccc67)cccc5c4)c4c5ccccc5cc5c4oc4ccccc45)cc3)ccc2c1. The number of para-hydroxylation sites is 1. The molecule has 0 radical (unpaired) electrons. The summed E-state index contributed by atoms with van der Waals surface area (Å²) in [6, 6.07) is 77.1. The molecule has 0 spiro atoms. The van der Waals surface area contributed by atoms with Crippen LogP contribution in [0.25, 0.3) is 98.1 Å². The van der Waals surface area contributed by atoms with Crippen LogP contribution in [-0.4, -0.2) is 0 Å². The molecule has 12 rings (SSSR count). The first-order valence-corrected chi connectivity index (χ1v) is 19.9. The molecule has 1 heterocycles. The molecule has 0 fully saturated rings. The highest BCUT2D eigenvalue weighted by molar-refractivity contribution is 6.20. The van der Waals surface area contributed by atoms with Gasteiger partial charge in [-0.3, -0.25) is 0 Å². The number of furan rings is 1. The second-order valence-electron chi connectivity index (χ2n) is 15.3. The minimum absolute atomic E-state index is 0.870. The van der Waals surface area contributed by atoms with Crippen LogP contribution in [0.1, 0.15) is 0 Å². The summed E-state index contributed by atoms with van der Waals surface area (Å²) in [5.74, 6) is 0. The summed E-state index contributed by atoms with van der Waals surface area (Å²) in [5, 5.41) is 14.4. The van der Waals surface area contributed by atoms with Gasteiger partial charge in [-0.25, -0.2) is 0 Å². The van der Waals surface area contributed by atoms with Crippen molar-refractivity contribution in [1.29, 1.82) is 0 Å². The van der Waals surface area contributed by atoms with E-state index in [1.54, 1.807) is 0 Å². The van der Waals surface area contributed by atoms with Crippen LogP contribution < -0.4 is 4.90 Å². The van der Waals surface area contributed by atoms with E-state index in [1.165, 1.54) is 70.7 Å². The maximum absolute atomic E-state index is 6.85. The Labute approximate surface area is 335 Å². The van der Waals surface area contributed by atoms with Crippen molar-refractivity contribution in [3.05, 3.63) is 212 Å². The lowest BCUT2D eigenvalue weighted by atomic mass is 9.90. The van der Waals surface area contributed by atoms with Gasteiger partial charge in [-0.1, -0.05) is 164 Å². The summed E-state index contributed by atoms with van der Waals surface area (Å²) in [5.41, 5.74) is 9.73. The molecule has 0 bridgehead atoms. The van der Waals surface area contributed by atoms with Gasteiger partial charge in [-0.15, -0.1) is 0 Å². The van der Waals surface area contributed by atoms with Gasteiger partial charge in [0.2, 0.25) is 0 Å². The van der Waals surface area contributed by atoms with Gasteiger partial charge in [0.05, 0.1) is 5.69 Å². The van der Waals surface area contributed by atoms with E-state index in [1.807, 2.05) is 6.07 Å². The number of hydrogen-bond donors (Lipinski definition) is 0. The van der Waals surface area contributed by atoms with Crippen molar-refractivity contribution in [3.8, 4) is 22.3 Å². The van der Waals surface area contributed by atoms with Crippen LogP contribution in [0.5, 0.6) is 0 Å². The van der Waals surface area contributed by atoms with Crippen molar-refractivity contribution in [2.45, 2.75) is 0 Å². The molecule has 2 heteroatoms. The van der Waals surface area contributed by atoms with Crippen LogP contribution in [0, 0.1) is 0 Å². The Kier molecular flexibility index (Phi) is 7.26. The molecule has 58 heavy (non-hydrogen) atoms. The van der Waals surface area contributed by atoms with Crippen LogP contribution in [0.2, 0.25) is 0 Å². The Balaban J connectivity index is 1.09. The summed E-state index contributed by atoms with van der Waals surface area (Å²) in [6.45, 7) is 0. The third-order valence-electron chi connectivity index (χ3n) is 12.0. The summed E-state index contributed by atoms with van der Waals surface area (Å²) in [7, 11) is 0. The molecule has 0 unspecified atom stereocenters. The van der Waals surface area contributed by atoms with Crippen molar-refractivity contribution in [2.75, 3.05) is 4.90 Å². The number of anilines is 3. The number of benzene rings is 11. The maximum Gasteiger partial charge on any atom is 0.160 e. The third kappa shape index (κ3) is 5.12. The predicted molar refractivity (Wildman–Crippen MR) is 247 cm³/mol. The first-order valence-electron chi connectivity index (χ1n) is 19.9. The van der Waals surface area contributed by atoms with E-state index in [0.29, 0.717) is 0 Å². The molecule has 0 saturated carbocycles. The third-order valence-corrected chi connectivity index (χ3v) is 12.0. The highest BCUT2D eigenvalue weighted by Gasteiger charge is 2.23. The summed E-state index contributed by atoms with van der Waals surface area (Å²) < 4.78 is 6.85. The fraction of sp³-hybridized carbons (Fsp3) is 0. The molecule has 0 atom stereocenters. The number of rotatable bonds is 5. The first kappa shape index (κ1) is 32.6. The van der Waals surface area contributed by atoms with E-state index in [2.05, 4.69) is 211 Å². The first-order chi connectivity index (χ1) is 28.7. The number of hydrogen-bond acceptors (Lipinski definition) is 2. The fourth-order valence-electron chi connectivity index (χ4n) is 9.22. The molecular weight excluding hydrogens is 703 g/mol. The number of fused-ring (bicyclic) bond motifs is 9. The molecule has 0 aliphatic rings. The minimum atomic E-state index is 0.870. The fourth-order valence-corrected chi connectivity index (χ4v) is 9.22. The van der Waals surface area contributed by atoms with Crippen molar-refractivity contribution in [1.82, 2.24) is 0 Å². The van der Waals surface area contributed by atoms with Crippen molar-refractivity contribution >= 4 is 92.9 Å². The molecule has 270 valence electrons. The van der Waals surface area contributed by atoms with Gasteiger partial charge in [-0.2, -0.15) is 0 Å². The Morgan fingerprint density at radius 3 is 1.72 bits per heavy atom. The van der Waals surface area contributed by atoms with Crippen LogP contribution in [-0.2, 0) is 0 Å². The van der Waals surface area contributed by atoms with E-state index < -0.39 is 0 Å². The normalized spacial score (nSPS) is 11.8. The predicted octanol–water partition coefficient (Wildman–Crippen LogP) is 16.2. The lowest BCUT2D eigenvalue weighted by molar-refractivity contribution is 0.669. The molecular formula is C56H35NO. The Bertz CT molecular complexity index is 3580. The number of nitrogens with zero attached hydrogens (tertiary/aromatic N) is 1. The van der Waals surface area contributed by atoms with Crippen molar-refractivity contribution in [3.63, 3.8) is 0 Å². The zero-order valence-corrected chi connectivity index (χ0v) is 31.6. The molecule has 11 aromatic carbocycles. The quantitative estimate of drug-likeness (QED) is 0.164. The Hall–Kier alpha value is -7.68. The summed E-state index contributed by atoms with van der Waals surface area (Å²) in [4.78, 5) is 2.40. The Morgan fingerprint density at radius 1 is 0.293 bits per heavy atom. The zero-order valence-electron chi connectivity index (χ0n) is 31.6. The van der Waals surface area contributed by atoms with Gasteiger partial charge in [-0.05, 0) is 119 Å². The van der Waals surface area contributed by atoms with Crippen molar-refractivity contribution < 1.29 is 4.42 Å². The van der Waals surface area contributed by atoms with Gasteiger partial charge in [0.15, 0.2) is 5.58 Å². The monoisotopic (exact) mass is 737 g/mol. The smallest absolute Gasteiger partial charge is 0.160 e. The molecule has 2 nitrogen and oxygen atoms in total. The highest BCUT2D eigenvalue weighted by atomic mass is 16.3. The van der Waals surface area contributed by atoms with Gasteiger partial charge in [0, 0.05) is 27.5 Å². The molecule has 0 N–H and O–H groups in total.